The van der Waals surface area contributed by atoms with Crippen molar-refractivity contribution in [2.75, 3.05) is 20.2 Å². The molecule has 6 nitrogen and oxygen atoms in total. The molecule has 0 radical (unpaired) electrons. The lowest BCUT2D eigenvalue weighted by Gasteiger charge is -2.14. The van der Waals surface area contributed by atoms with Gasteiger partial charge in [-0.3, -0.25) is 4.99 Å². The van der Waals surface area contributed by atoms with E-state index < -0.39 is 0 Å². The van der Waals surface area contributed by atoms with Crippen molar-refractivity contribution in [2.45, 2.75) is 33.5 Å². The lowest BCUT2D eigenvalue weighted by molar-refractivity contribution is 0.125. The first-order valence-electron chi connectivity index (χ1n) is 8.75. The van der Waals surface area contributed by atoms with Crippen LogP contribution in [0.25, 0.3) is 0 Å². The second kappa shape index (κ2) is 10.5. The van der Waals surface area contributed by atoms with Crippen LogP contribution >= 0.6 is 0 Å². The van der Waals surface area contributed by atoms with Gasteiger partial charge in [0.05, 0.1) is 19.8 Å². The number of nitrogens with one attached hydrogen (secondary N) is 2. The van der Waals surface area contributed by atoms with Crippen LogP contribution < -0.4 is 10.6 Å². The quantitative estimate of drug-likeness (QED) is 0.417. The van der Waals surface area contributed by atoms with Crippen molar-refractivity contribution in [2.24, 2.45) is 10.9 Å². The minimum absolute atomic E-state index is 0.590. The van der Waals surface area contributed by atoms with Gasteiger partial charge in [0.25, 0.3) is 0 Å². The lowest BCUT2D eigenvalue weighted by Crippen LogP contribution is -2.39. The first-order chi connectivity index (χ1) is 12.2. The fraction of sp³-hybridized carbons (Fsp3) is 0.474. The van der Waals surface area contributed by atoms with Crippen molar-refractivity contribution in [3.05, 3.63) is 54.1 Å². The van der Waals surface area contributed by atoms with Gasteiger partial charge in [0.1, 0.15) is 5.82 Å². The molecule has 0 spiro atoms. The maximum absolute atomic E-state index is 5.67. The molecule has 0 fully saturated rings. The summed E-state index contributed by atoms with van der Waals surface area (Å²) in [5.41, 5.74) is 1.18. The first kappa shape index (κ1) is 19.0. The maximum Gasteiger partial charge on any atom is 0.191 e. The molecule has 25 heavy (non-hydrogen) atoms. The smallest absolute Gasteiger partial charge is 0.191 e. The monoisotopic (exact) mass is 343 g/mol. The zero-order valence-electron chi connectivity index (χ0n) is 15.4. The Morgan fingerprint density at radius 1 is 1.24 bits per heavy atom. The number of imidazole rings is 1. The topological polar surface area (TPSA) is 63.5 Å². The molecule has 0 atom stereocenters. The van der Waals surface area contributed by atoms with Crippen molar-refractivity contribution in [1.82, 2.24) is 20.2 Å². The second-order valence-electron chi connectivity index (χ2n) is 6.28. The molecule has 1 heterocycles. The Morgan fingerprint density at radius 2 is 2.04 bits per heavy atom. The lowest BCUT2D eigenvalue weighted by atomic mass is 10.2. The highest BCUT2D eigenvalue weighted by molar-refractivity contribution is 5.79. The van der Waals surface area contributed by atoms with Crippen LogP contribution in [0.1, 0.15) is 25.2 Å². The minimum Gasteiger partial charge on any atom is -0.375 e. The summed E-state index contributed by atoms with van der Waals surface area (Å²) in [6.07, 6.45) is 3.86. The van der Waals surface area contributed by atoms with Gasteiger partial charge in [-0.15, -0.1) is 0 Å². The molecule has 136 valence electrons. The normalized spacial score (nSPS) is 11.8. The standard InChI is InChI=1S/C19H29N5O/c1-16(2)14-24-11-9-21-18(24)13-23-19(20-3)22-10-12-25-15-17-7-5-4-6-8-17/h4-9,11,16H,10,12-15H2,1-3H3,(H2,20,22,23). The fourth-order valence-electron chi connectivity index (χ4n) is 2.46. The molecule has 2 rings (SSSR count). The third kappa shape index (κ3) is 6.97. The summed E-state index contributed by atoms with van der Waals surface area (Å²) < 4.78 is 7.84. The molecule has 0 aliphatic rings. The van der Waals surface area contributed by atoms with Crippen LogP contribution in [0.3, 0.4) is 0 Å². The molecule has 6 heteroatoms. The van der Waals surface area contributed by atoms with E-state index in [0.29, 0.717) is 32.2 Å². The van der Waals surface area contributed by atoms with Crippen molar-refractivity contribution in [1.29, 1.82) is 0 Å². The van der Waals surface area contributed by atoms with Gasteiger partial charge >= 0.3 is 0 Å². The number of aliphatic imine (C=N–C) groups is 1. The van der Waals surface area contributed by atoms with Gasteiger partial charge in [0.2, 0.25) is 0 Å². The van der Waals surface area contributed by atoms with Crippen LogP contribution in [-0.4, -0.2) is 35.7 Å². The largest absolute Gasteiger partial charge is 0.375 e. The summed E-state index contributed by atoms with van der Waals surface area (Å²) in [5.74, 6) is 2.35. The molecule has 1 aromatic heterocycles. The number of hydrogen-bond donors (Lipinski definition) is 2. The summed E-state index contributed by atoms with van der Waals surface area (Å²) in [5, 5.41) is 6.55. The number of guanidine groups is 1. The number of hydrogen-bond acceptors (Lipinski definition) is 3. The first-order valence-corrected chi connectivity index (χ1v) is 8.75. The predicted molar refractivity (Wildman–Crippen MR) is 101 cm³/mol. The van der Waals surface area contributed by atoms with Crippen molar-refractivity contribution in [3.8, 4) is 0 Å². The third-order valence-electron chi connectivity index (χ3n) is 3.65. The molecule has 0 bridgehead atoms. The van der Waals surface area contributed by atoms with Gasteiger partial charge in [-0.1, -0.05) is 44.2 Å². The molecule has 0 saturated carbocycles. The molecule has 0 aliphatic carbocycles. The Balaban J connectivity index is 1.66. The summed E-state index contributed by atoms with van der Waals surface area (Å²) in [7, 11) is 1.76. The van der Waals surface area contributed by atoms with E-state index in [2.05, 4.69) is 51.2 Å². The third-order valence-corrected chi connectivity index (χ3v) is 3.65. The zero-order valence-corrected chi connectivity index (χ0v) is 15.4. The van der Waals surface area contributed by atoms with Crippen LogP contribution in [0.2, 0.25) is 0 Å². The molecular weight excluding hydrogens is 314 g/mol. The van der Waals surface area contributed by atoms with E-state index in [1.807, 2.05) is 30.6 Å². The zero-order chi connectivity index (χ0) is 17.9. The molecule has 1 aromatic carbocycles. The molecule has 2 N–H and O–H groups in total. The summed E-state index contributed by atoms with van der Waals surface area (Å²) in [6.45, 7) is 7.96. The van der Waals surface area contributed by atoms with Crippen molar-refractivity contribution in [3.63, 3.8) is 0 Å². The minimum atomic E-state index is 0.590. The van der Waals surface area contributed by atoms with Gasteiger partial charge in [-0.2, -0.15) is 0 Å². The number of nitrogens with zero attached hydrogens (tertiary/aromatic N) is 3. The fourth-order valence-corrected chi connectivity index (χ4v) is 2.46. The van der Waals surface area contributed by atoms with Crippen LogP contribution in [0, 0.1) is 5.92 Å². The van der Waals surface area contributed by atoms with E-state index in [0.717, 1.165) is 18.3 Å². The van der Waals surface area contributed by atoms with Gasteiger partial charge < -0.3 is 19.9 Å². The van der Waals surface area contributed by atoms with Crippen molar-refractivity contribution >= 4 is 5.96 Å². The predicted octanol–water partition coefficient (Wildman–Crippen LogP) is 2.42. The highest BCUT2D eigenvalue weighted by Gasteiger charge is 2.05. The Hall–Kier alpha value is -2.34. The van der Waals surface area contributed by atoms with Gasteiger partial charge in [0.15, 0.2) is 5.96 Å². The Kier molecular flexibility index (Phi) is 7.98. The Morgan fingerprint density at radius 3 is 2.76 bits per heavy atom. The van der Waals surface area contributed by atoms with Crippen LogP contribution in [0.5, 0.6) is 0 Å². The Bertz CT molecular complexity index is 636. The molecule has 2 aromatic rings. The van der Waals surface area contributed by atoms with E-state index in [-0.39, 0.29) is 0 Å². The molecule has 0 saturated heterocycles. The van der Waals surface area contributed by atoms with Crippen LogP contribution in [-0.2, 0) is 24.4 Å². The van der Waals surface area contributed by atoms with E-state index in [9.17, 15) is 0 Å². The molecule has 0 amide bonds. The molecule has 0 unspecified atom stereocenters. The van der Waals surface area contributed by atoms with Gasteiger partial charge in [-0.25, -0.2) is 4.98 Å². The second-order valence-corrected chi connectivity index (χ2v) is 6.28. The van der Waals surface area contributed by atoms with Gasteiger partial charge in [-0.05, 0) is 11.5 Å². The Labute approximate surface area is 150 Å². The number of rotatable bonds is 9. The van der Waals surface area contributed by atoms with Gasteiger partial charge in [0, 0.05) is 32.5 Å². The van der Waals surface area contributed by atoms with Crippen LogP contribution in [0.4, 0.5) is 0 Å². The number of aromatic nitrogens is 2. The number of ether oxygens (including phenoxy) is 1. The summed E-state index contributed by atoms with van der Waals surface area (Å²) in [4.78, 5) is 8.65. The molecular formula is C19H29N5O. The SMILES string of the molecule is CN=C(NCCOCc1ccccc1)NCc1nccn1CC(C)C. The van der Waals surface area contributed by atoms with E-state index in [1.165, 1.54) is 5.56 Å². The van der Waals surface area contributed by atoms with E-state index >= 15 is 0 Å². The highest BCUT2D eigenvalue weighted by atomic mass is 16.5. The van der Waals surface area contributed by atoms with E-state index in [1.54, 1.807) is 7.05 Å². The summed E-state index contributed by atoms with van der Waals surface area (Å²) in [6, 6.07) is 10.2. The maximum atomic E-state index is 5.67. The average Bonchev–Trinajstić information content (AvgIpc) is 3.04. The highest BCUT2D eigenvalue weighted by Crippen LogP contribution is 2.03. The summed E-state index contributed by atoms with van der Waals surface area (Å²) >= 11 is 0. The number of benzene rings is 1. The van der Waals surface area contributed by atoms with E-state index in [4.69, 9.17) is 4.74 Å². The van der Waals surface area contributed by atoms with Crippen molar-refractivity contribution < 1.29 is 4.74 Å². The van der Waals surface area contributed by atoms with Crippen LogP contribution in [0.15, 0.2) is 47.7 Å². The molecule has 0 aliphatic heterocycles. The average molecular weight is 343 g/mol.